The Morgan fingerprint density at radius 1 is 1.18 bits per heavy atom. The Morgan fingerprint density at radius 2 is 1.82 bits per heavy atom. The molecule has 2 rings (SSSR count). The Kier molecular flexibility index (Phi) is 3.54. The molecule has 0 atom stereocenters. The largest absolute Gasteiger partial charge is 0.321 e. The van der Waals surface area contributed by atoms with E-state index in [0.29, 0.717) is 4.88 Å². The van der Waals surface area contributed by atoms with Crippen LogP contribution >= 0.6 is 24.0 Å². The number of thiophene rings is 1. The summed E-state index contributed by atoms with van der Waals surface area (Å²) in [5, 5.41) is 4.74. The fourth-order valence-electron chi connectivity index (χ4n) is 1.68. The van der Waals surface area contributed by atoms with E-state index in [4.69, 9.17) is 0 Å². The molecule has 4 heteroatoms. The number of thiol groups is 1. The lowest BCUT2D eigenvalue weighted by molar-refractivity contribution is 0.103. The van der Waals surface area contributed by atoms with Gasteiger partial charge in [0, 0.05) is 16.0 Å². The third-order valence-corrected chi connectivity index (χ3v) is 3.65. The molecule has 2 aromatic rings. The third kappa shape index (κ3) is 3.11. The smallest absolute Gasteiger partial charge is 0.265 e. The number of hydrogen-bond acceptors (Lipinski definition) is 3. The first kappa shape index (κ1) is 12.2. The first-order chi connectivity index (χ1) is 8.04. The van der Waals surface area contributed by atoms with Gasteiger partial charge in [0.05, 0.1) is 4.88 Å². The number of anilines is 1. The van der Waals surface area contributed by atoms with Gasteiger partial charge in [0.1, 0.15) is 0 Å². The molecule has 0 unspecified atom stereocenters. The quantitative estimate of drug-likeness (QED) is 0.790. The number of carbonyl (C=O) groups is 1. The van der Waals surface area contributed by atoms with Gasteiger partial charge in [0.15, 0.2) is 0 Å². The topological polar surface area (TPSA) is 29.1 Å². The first-order valence-corrected chi connectivity index (χ1v) is 6.54. The van der Waals surface area contributed by atoms with Gasteiger partial charge in [0.2, 0.25) is 0 Å². The van der Waals surface area contributed by atoms with E-state index in [-0.39, 0.29) is 5.91 Å². The van der Waals surface area contributed by atoms with Crippen molar-refractivity contribution in [2.75, 3.05) is 5.32 Å². The maximum atomic E-state index is 11.9. The summed E-state index contributed by atoms with van der Waals surface area (Å²) in [4.78, 5) is 13.4. The van der Waals surface area contributed by atoms with E-state index in [0.717, 1.165) is 21.7 Å². The SMILES string of the molecule is Cc1cc(C)cc(NC(=O)c2cc(S)cs2)c1. The number of rotatable bonds is 2. The summed E-state index contributed by atoms with van der Waals surface area (Å²) in [6.07, 6.45) is 0. The molecular weight excluding hydrogens is 250 g/mol. The van der Waals surface area contributed by atoms with Gasteiger partial charge in [-0.25, -0.2) is 0 Å². The van der Waals surface area contributed by atoms with Crippen molar-refractivity contribution in [3.63, 3.8) is 0 Å². The summed E-state index contributed by atoms with van der Waals surface area (Å²) in [5.41, 5.74) is 3.12. The number of benzene rings is 1. The third-order valence-electron chi connectivity index (χ3n) is 2.29. The van der Waals surface area contributed by atoms with Crippen molar-refractivity contribution in [3.05, 3.63) is 45.6 Å². The summed E-state index contributed by atoms with van der Waals surface area (Å²) in [7, 11) is 0. The highest BCUT2D eigenvalue weighted by Gasteiger charge is 2.08. The molecule has 0 aliphatic heterocycles. The molecule has 17 heavy (non-hydrogen) atoms. The molecule has 0 aliphatic rings. The Bertz CT molecular complexity index is 540. The Balaban J connectivity index is 2.18. The fourth-order valence-corrected chi connectivity index (χ4v) is 2.73. The summed E-state index contributed by atoms with van der Waals surface area (Å²) in [6.45, 7) is 4.03. The lowest BCUT2D eigenvalue weighted by Crippen LogP contribution is -2.10. The second-order valence-electron chi connectivity index (χ2n) is 4.00. The normalized spacial score (nSPS) is 10.3. The average Bonchev–Trinajstić information content (AvgIpc) is 2.63. The van der Waals surface area contributed by atoms with Crippen molar-refractivity contribution >= 4 is 35.6 Å². The zero-order valence-electron chi connectivity index (χ0n) is 9.65. The highest BCUT2D eigenvalue weighted by Crippen LogP contribution is 2.20. The van der Waals surface area contributed by atoms with E-state index in [1.165, 1.54) is 11.3 Å². The van der Waals surface area contributed by atoms with Gasteiger partial charge in [-0.2, -0.15) is 0 Å². The van der Waals surface area contributed by atoms with Crippen LogP contribution in [-0.4, -0.2) is 5.91 Å². The molecule has 0 fully saturated rings. The number of amides is 1. The van der Waals surface area contributed by atoms with Crippen LogP contribution in [0.4, 0.5) is 5.69 Å². The first-order valence-electron chi connectivity index (χ1n) is 5.22. The van der Waals surface area contributed by atoms with E-state index in [2.05, 4.69) is 24.0 Å². The van der Waals surface area contributed by atoms with E-state index in [9.17, 15) is 4.79 Å². The van der Waals surface area contributed by atoms with Crippen molar-refractivity contribution in [2.45, 2.75) is 18.7 Å². The van der Waals surface area contributed by atoms with Crippen molar-refractivity contribution < 1.29 is 4.79 Å². The molecule has 2 nitrogen and oxygen atoms in total. The molecule has 0 spiro atoms. The molecule has 0 bridgehead atoms. The second kappa shape index (κ2) is 4.94. The van der Waals surface area contributed by atoms with E-state index in [1.54, 1.807) is 6.07 Å². The average molecular weight is 263 g/mol. The van der Waals surface area contributed by atoms with Crippen LogP contribution in [0.15, 0.2) is 34.5 Å². The molecule has 1 aromatic heterocycles. The predicted octanol–water partition coefficient (Wildman–Crippen LogP) is 3.91. The van der Waals surface area contributed by atoms with Crippen LogP contribution in [-0.2, 0) is 0 Å². The molecule has 88 valence electrons. The minimum atomic E-state index is -0.0831. The van der Waals surface area contributed by atoms with Gasteiger partial charge >= 0.3 is 0 Å². The molecule has 1 heterocycles. The number of nitrogens with one attached hydrogen (secondary N) is 1. The van der Waals surface area contributed by atoms with Gasteiger partial charge < -0.3 is 5.32 Å². The standard InChI is InChI=1S/C13H13NOS2/c1-8-3-9(2)5-10(4-8)14-13(15)12-6-11(16)7-17-12/h3-7,16H,1-2H3,(H,14,15). The summed E-state index contributed by atoms with van der Waals surface area (Å²) in [5.74, 6) is -0.0831. The zero-order chi connectivity index (χ0) is 12.4. The highest BCUT2D eigenvalue weighted by atomic mass is 32.1. The van der Waals surface area contributed by atoms with E-state index >= 15 is 0 Å². The lowest BCUT2D eigenvalue weighted by Gasteiger charge is -2.06. The van der Waals surface area contributed by atoms with Gasteiger partial charge in [0.25, 0.3) is 5.91 Å². The Hall–Kier alpha value is -1.26. The minimum absolute atomic E-state index is 0.0831. The maximum Gasteiger partial charge on any atom is 0.265 e. The molecule has 0 aliphatic carbocycles. The molecule has 0 saturated carbocycles. The monoisotopic (exact) mass is 263 g/mol. The van der Waals surface area contributed by atoms with Gasteiger partial charge in [-0.05, 0) is 43.2 Å². The van der Waals surface area contributed by atoms with Crippen molar-refractivity contribution in [1.82, 2.24) is 0 Å². The zero-order valence-corrected chi connectivity index (χ0v) is 11.4. The molecule has 0 radical (unpaired) electrons. The molecule has 0 saturated heterocycles. The molecule has 1 amide bonds. The van der Waals surface area contributed by atoms with Crippen LogP contribution in [0, 0.1) is 13.8 Å². The summed E-state index contributed by atoms with van der Waals surface area (Å²) < 4.78 is 0. The van der Waals surface area contributed by atoms with Crippen LogP contribution in [0.3, 0.4) is 0 Å². The molecule has 1 aromatic carbocycles. The highest BCUT2D eigenvalue weighted by molar-refractivity contribution is 7.80. The van der Waals surface area contributed by atoms with Crippen LogP contribution < -0.4 is 5.32 Å². The predicted molar refractivity (Wildman–Crippen MR) is 75.4 cm³/mol. The van der Waals surface area contributed by atoms with E-state index < -0.39 is 0 Å². The van der Waals surface area contributed by atoms with Crippen molar-refractivity contribution in [2.24, 2.45) is 0 Å². The van der Waals surface area contributed by atoms with Gasteiger partial charge in [-0.15, -0.1) is 24.0 Å². The maximum absolute atomic E-state index is 11.9. The van der Waals surface area contributed by atoms with E-state index in [1.807, 2.05) is 31.4 Å². The van der Waals surface area contributed by atoms with Crippen molar-refractivity contribution in [3.8, 4) is 0 Å². The van der Waals surface area contributed by atoms with Crippen molar-refractivity contribution in [1.29, 1.82) is 0 Å². The number of carbonyl (C=O) groups excluding carboxylic acids is 1. The van der Waals surface area contributed by atoms with Crippen LogP contribution in [0.2, 0.25) is 0 Å². The lowest BCUT2D eigenvalue weighted by atomic mass is 10.1. The van der Waals surface area contributed by atoms with Crippen LogP contribution in [0.25, 0.3) is 0 Å². The molecule has 1 N–H and O–H groups in total. The van der Waals surface area contributed by atoms with Crippen LogP contribution in [0.1, 0.15) is 20.8 Å². The molecular formula is C13H13NOS2. The number of hydrogen-bond donors (Lipinski definition) is 2. The summed E-state index contributed by atoms with van der Waals surface area (Å²) in [6, 6.07) is 7.76. The Morgan fingerprint density at radius 3 is 2.35 bits per heavy atom. The van der Waals surface area contributed by atoms with Crippen LogP contribution in [0.5, 0.6) is 0 Å². The second-order valence-corrected chi connectivity index (χ2v) is 5.43. The minimum Gasteiger partial charge on any atom is -0.321 e. The van der Waals surface area contributed by atoms with Gasteiger partial charge in [-0.3, -0.25) is 4.79 Å². The summed E-state index contributed by atoms with van der Waals surface area (Å²) >= 11 is 5.59. The number of aryl methyl sites for hydroxylation is 2. The Labute approximate surface area is 110 Å². The fraction of sp³-hybridized carbons (Fsp3) is 0.154. The van der Waals surface area contributed by atoms with Gasteiger partial charge in [-0.1, -0.05) is 6.07 Å².